The number of carbonyl (C=O) groups is 1. The number of aromatic nitrogens is 4. The van der Waals surface area contributed by atoms with E-state index < -0.39 is 0 Å². The SMILES string of the molecule is Cc1nc(N2CCN(C(=O)C3CC3)CC2)c2c(C)nn(-c3ccccc3C)c2n1. The average molecular weight is 390 g/mol. The molecule has 1 aliphatic heterocycles. The van der Waals surface area contributed by atoms with E-state index in [0.29, 0.717) is 5.91 Å². The molecule has 29 heavy (non-hydrogen) atoms. The first-order valence-electron chi connectivity index (χ1n) is 10.4. The predicted octanol–water partition coefficient (Wildman–Crippen LogP) is 2.80. The maximum absolute atomic E-state index is 12.4. The quantitative estimate of drug-likeness (QED) is 0.688. The lowest BCUT2D eigenvalue weighted by molar-refractivity contribution is -0.132. The second kappa shape index (κ2) is 6.83. The van der Waals surface area contributed by atoms with Crippen molar-refractivity contribution < 1.29 is 4.79 Å². The van der Waals surface area contributed by atoms with Crippen molar-refractivity contribution in [3.8, 4) is 5.69 Å². The van der Waals surface area contributed by atoms with Gasteiger partial charge in [-0.2, -0.15) is 5.10 Å². The Kier molecular flexibility index (Phi) is 4.26. The van der Waals surface area contributed by atoms with Gasteiger partial charge in [-0.1, -0.05) is 18.2 Å². The maximum atomic E-state index is 12.4. The van der Waals surface area contributed by atoms with Gasteiger partial charge in [-0.05, 0) is 45.2 Å². The van der Waals surface area contributed by atoms with Gasteiger partial charge in [0.15, 0.2) is 5.65 Å². The molecule has 5 rings (SSSR count). The number of amides is 1. The smallest absolute Gasteiger partial charge is 0.225 e. The molecule has 1 amide bonds. The highest BCUT2D eigenvalue weighted by molar-refractivity contribution is 5.91. The Morgan fingerprint density at radius 2 is 1.72 bits per heavy atom. The molecule has 1 aromatic carbocycles. The molecule has 0 spiro atoms. The van der Waals surface area contributed by atoms with Crippen LogP contribution in [-0.2, 0) is 4.79 Å². The summed E-state index contributed by atoms with van der Waals surface area (Å²) >= 11 is 0. The largest absolute Gasteiger partial charge is 0.352 e. The number of rotatable bonds is 3. The predicted molar refractivity (Wildman–Crippen MR) is 112 cm³/mol. The van der Waals surface area contributed by atoms with Crippen LogP contribution in [0.3, 0.4) is 0 Å². The first-order valence-corrected chi connectivity index (χ1v) is 10.4. The van der Waals surface area contributed by atoms with Crippen molar-refractivity contribution in [2.45, 2.75) is 33.6 Å². The van der Waals surface area contributed by atoms with Crippen LogP contribution in [0.1, 0.15) is 29.9 Å². The van der Waals surface area contributed by atoms with E-state index in [1.807, 2.05) is 35.6 Å². The Balaban J connectivity index is 1.52. The Bertz CT molecular complexity index is 1090. The molecule has 0 unspecified atom stereocenters. The molecule has 1 aliphatic carbocycles. The third-order valence-corrected chi connectivity index (χ3v) is 5.96. The molecule has 1 saturated carbocycles. The van der Waals surface area contributed by atoms with Crippen molar-refractivity contribution in [1.29, 1.82) is 0 Å². The third kappa shape index (κ3) is 3.14. The summed E-state index contributed by atoms with van der Waals surface area (Å²) in [5.74, 6) is 2.28. The molecular formula is C22H26N6O. The van der Waals surface area contributed by atoms with E-state index in [0.717, 1.165) is 78.6 Å². The number of anilines is 1. The maximum Gasteiger partial charge on any atom is 0.225 e. The van der Waals surface area contributed by atoms with Crippen LogP contribution in [0.4, 0.5) is 5.82 Å². The van der Waals surface area contributed by atoms with Gasteiger partial charge in [-0.3, -0.25) is 4.79 Å². The number of aryl methyl sites for hydroxylation is 3. The highest BCUT2D eigenvalue weighted by Gasteiger charge is 2.35. The van der Waals surface area contributed by atoms with Gasteiger partial charge >= 0.3 is 0 Å². The van der Waals surface area contributed by atoms with Crippen molar-refractivity contribution in [3.05, 3.63) is 41.3 Å². The van der Waals surface area contributed by atoms with Gasteiger partial charge in [0.2, 0.25) is 5.91 Å². The number of hydrogen-bond acceptors (Lipinski definition) is 5. The molecule has 1 saturated heterocycles. The minimum Gasteiger partial charge on any atom is -0.352 e. The second-order valence-electron chi connectivity index (χ2n) is 8.16. The number of nitrogens with zero attached hydrogens (tertiary/aromatic N) is 6. The first-order chi connectivity index (χ1) is 14.0. The van der Waals surface area contributed by atoms with E-state index in [2.05, 4.69) is 24.0 Å². The lowest BCUT2D eigenvalue weighted by Crippen LogP contribution is -2.49. The molecule has 0 N–H and O–H groups in total. The minimum atomic E-state index is 0.282. The lowest BCUT2D eigenvalue weighted by atomic mass is 10.2. The fraction of sp³-hybridized carbons (Fsp3) is 0.455. The zero-order chi connectivity index (χ0) is 20.1. The third-order valence-electron chi connectivity index (χ3n) is 5.96. The summed E-state index contributed by atoms with van der Waals surface area (Å²) < 4.78 is 1.94. The fourth-order valence-corrected chi connectivity index (χ4v) is 4.19. The van der Waals surface area contributed by atoms with Crippen LogP contribution in [0.15, 0.2) is 24.3 Å². The molecule has 7 nitrogen and oxygen atoms in total. The number of para-hydroxylation sites is 1. The highest BCUT2D eigenvalue weighted by Crippen LogP contribution is 2.33. The Labute approximate surface area is 170 Å². The monoisotopic (exact) mass is 390 g/mol. The summed E-state index contributed by atoms with van der Waals surface area (Å²) in [6, 6.07) is 8.21. The molecule has 2 aromatic heterocycles. The van der Waals surface area contributed by atoms with Gasteiger partial charge in [0.1, 0.15) is 11.6 Å². The molecule has 150 valence electrons. The normalized spacial score (nSPS) is 17.2. The fourth-order valence-electron chi connectivity index (χ4n) is 4.19. The molecule has 0 bridgehead atoms. The lowest BCUT2D eigenvalue weighted by Gasteiger charge is -2.35. The van der Waals surface area contributed by atoms with Crippen LogP contribution >= 0.6 is 0 Å². The van der Waals surface area contributed by atoms with E-state index in [1.165, 1.54) is 0 Å². The summed E-state index contributed by atoms with van der Waals surface area (Å²) in [7, 11) is 0. The van der Waals surface area contributed by atoms with Gasteiger partial charge in [0, 0.05) is 32.1 Å². The summed E-state index contributed by atoms with van der Waals surface area (Å²) in [6.45, 7) is 9.13. The van der Waals surface area contributed by atoms with Crippen molar-refractivity contribution in [2.24, 2.45) is 5.92 Å². The highest BCUT2D eigenvalue weighted by atomic mass is 16.2. The van der Waals surface area contributed by atoms with Crippen LogP contribution < -0.4 is 4.90 Å². The van der Waals surface area contributed by atoms with Crippen LogP contribution in [0, 0.1) is 26.7 Å². The Morgan fingerprint density at radius 1 is 1.00 bits per heavy atom. The van der Waals surface area contributed by atoms with Crippen molar-refractivity contribution >= 4 is 22.8 Å². The van der Waals surface area contributed by atoms with Gasteiger partial charge < -0.3 is 9.80 Å². The van der Waals surface area contributed by atoms with E-state index in [9.17, 15) is 4.79 Å². The molecule has 3 aromatic rings. The molecule has 3 heterocycles. The standard InChI is InChI=1S/C22H26N6O/c1-14-6-4-5-7-18(14)28-21-19(15(2)25-28)20(23-16(3)24-21)26-10-12-27(13-11-26)22(29)17-8-9-17/h4-7,17H,8-13H2,1-3H3. The summed E-state index contributed by atoms with van der Waals surface area (Å²) in [5.41, 5.74) is 3.96. The van der Waals surface area contributed by atoms with E-state index in [-0.39, 0.29) is 5.92 Å². The average Bonchev–Trinajstić information content (AvgIpc) is 3.52. The van der Waals surface area contributed by atoms with Crippen LogP contribution in [0.2, 0.25) is 0 Å². The molecule has 0 radical (unpaired) electrons. The van der Waals surface area contributed by atoms with Gasteiger partial charge in [0.05, 0.1) is 16.8 Å². The number of piperazine rings is 1. The van der Waals surface area contributed by atoms with E-state index in [4.69, 9.17) is 15.1 Å². The number of hydrogen-bond donors (Lipinski definition) is 0. The van der Waals surface area contributed by atoms with Gasteiger partial charge in [0.25, 0.3) is 0 Å². The second-order valence-corrected chi connectivity index (χ2v) is 8.16. The molecule has 2 aliphatic rings. The zero-order valence-corrected chi connectivity index (χ0v) is 17.2. The van der Waals surface area contributed by atoms with E-state index in [1.54, 1.807) is 0 Å². The Hall–Kier alpha value is -2.96. The van der Waals surface area contributed by atoms with Crippen molar-refractivity contribution in [1.82, 2.24) is 24.6 Å². The summed E-state index contributed by atoms with van der Waals surface area (Å²) in [6.07, 6.45) is 2.12. The molecule has 0 atom stereocenters. The number of carbonyl (C=O) groups excluding carboxylic acids is 1. The van der Waals surface area contributed by atoms with Crippen molar-refractivity contribution in [3.63, 3.8) is 0 Å². The molecule has 2 fully saturated rings. The number of benzene rings is 1. The minimum absolute atomic E-state index is 0.282. The van der Waals surface area contributed by atoms with Crippen LogP contribution in [0.5, 0.6) is 0 Å². The number of fused-ring (bicyclic) bond motifs is 1. The first kappa shape index (κ1) is 18.1. The van der Waals surface area contributed by atoms with Gasteiger partial charge in [-0.15, -0.1) is 0 Å². The van der Waals surface area contributed by atoms with Gasteiger partial charge in [-0.25, -0.2) is 14.6 Å². The Morgan fingerprint density at radius 3 is 2.41 bits per heavy atom. The molecular weight excluding hydrogens is 364 g/mol. The zero-order valence-electron chi connectivity index (χ0n) is 17.2. The van der Waals surface area contributed by atoms with E-state index >= 15 is 0 Å². The summed E-state index contributed by atoms with van der Waals surface area (Å²) in [5, 5.41) is 5.82. The van der Waals surface area contributed by atoms with Crippen molar-refractivity contribution in [2.75, 3.05) is 31.1 Å². The van der Waals surface area contributed by atoms with Crippen LogP contribution in [-0.4, -0.2) is 56.7 Å². The molecule has 7 heteroatoms. The summed E-state index contributed by atoms with van der Waals surface area (Å²) in [4.78, 5) is 26.2. The topological polar surface area (TPSA) is 67.2 Å². The van der Waals surface area contributed by atoms with Crippen LogP contribution in [0.25, 0.3) is 16.7 Å².